The van der Waals surface area contributed by atoms with Gasteiger partial charge < -0.3 is 15.5 Å². The molecule has 0 bridgehead atoms. The number of rotatable bonds is 4. The molecule has 2 saturated heterocycles. The van der Waals surface area contributed by atoms with Gasteiger partial charge in [0, 0.05) is 25.8 Å². The molecular weight excluding hydrogens is 361 g/mol. The summed E-state index contributed by atoms with van der Waals surface area (Å²) in [5, 5.41) is 5.93. The molecule has 0 aliphatic carbocycles. The molecule has 6 nitrogen and oxygen atoms in total. The predicted octanol–water partition coefficient (Wildman–Crippen LogP) is 1.71. The Labute approximate surface area is 155 Å². The second-order valence-electron chi connectivity index (χ2n) is 7.00. The van der Waals surface area contributed by atoms with Crippen LogP contribution in [-0.2, 0) is 22.3 Å². The molecule has 3 rings (SSSR count). The zero-order valence-corrected chi connectivity index (χ0v) is 14.9. The fourth-order valence-corrected chi connectivity index (χ4v) is 3.60. The van der Waals surface area contributed by atoms with Crippen molar-refractivity contribution in [1.29, 1.82) is 0 Å². The van der Waals surface area contributed by atoms with Crippen LogP contribution in [0.2, 0.25) is 0 Å². The molecule has 2 aliphatic heterocycles. The first-order valence-electron chi connectivity index (χ1n) is 9.17. The van der Waals surface area contributed by atoms with Crippen LogP contribution in [0.3, 0.4) is 0 Å². The molecule has 2 aliphatic rings. The Kier molecular flexibility index (Phi) is 5.98. The van der Waals surface area contributed by atoms with E-state index in [0.29, 0.717) is 25.1 Å². The zero-order valence-electron chi connectivity index (χ0n) is 14.9. The van der Waals surface area contributed by atoms with Gasteiger partial charge in [0.1, 0.15) is 11.7 Å². The number of pyridine rings is 1. The van der Waals surface area contributed by atoms with Gasteiger partial charge in [0.15, 0.2) is 0 Å². The largest absolute Gasteiger partial charge is 0.433 e. The Morgan fingerprint density at radius 3 is 2.70 bits per heavy atom. The molecule has 0 saturated carbocycles. The third kappa shape index (κ3) is 4.77. The van der Waals surface area contributed by atoms with Crippen molar-refractivity contribution in [3.05, 3.63) is 29.6 Å². The maximum Gasteiger partial charge on any atom is 0.433 e. The molecule has 9 heteroatoms. The van der Waals surface area contributed by atoms with E-state index >= 15 is 0 Å². The number of nitrogens with zero attached hydrogens (tertiary/aromatic N) is 2. The van der Waals surface area contributed by atoms with Crippen LogP contribution in [0.4, 0.5) is 13.2 Å². The minimum Gasteiger partial charge on any atom is -0.350 e. The van der Waals surface area contributed by atoms with E-state index in [1.807, 2.05) is 0 Å². The number of alkyl halides is 3. The number of carbonyl (C=O) groups excluding carboxylic acids is 2. The third-order valence-corrected chi connectivity index (χ3v) is 5.07. The number of halogens is 3. The number of nitrogens with one attached hydrogen (secondary N) is 2. The van der Waals surface area contributed by atoms with Crippen LogP contribution < -0.4 is 10.6 Å². The van der Waals surface area contributed by atoms with E-state index in [0.717, 1.165) is 38.1 Å². The van der Waals surface area contributed by atoms with Crippen LogP contribution in [0.5, 0.6) is 0 Å². The molecular formula is C18H23F3N4O2. The summed E-state index contributed by atoms with van der Waals surface area (Å²) in [5.74, 6) is -0.355. The smallest absolute Gasteiger partial charge is 0.350 e. The summed E-state index contributed by atoms with van der Waals surface area (Å²) in [5.41, 5.74) is -0.491. The molecule has 27 heavy (non-hydrogen) atoms. The van der Waals surface area contributed by atoms with Crippen molar-refractivity contribution < 1.29 is 22.8 Å². The quantitative estimate of drug-likeness (QED) is 0.829. The van der Waals surface area contributed by atoms with Gasteiger partial charge in [0.05, 0.1) is 5.92 Å². The van der Waals surface area contributed by atoms with Crippen LogP contribution in [0.25, 0.3) is 0 Å². The van der Waals surface area contributed by atoms with Crippen molar-refractivity contribution >= 4 is 11.8 Å². The van der Waals surface area contributed by atoms with Gasteiger partial charge in [-0.05, 0) is 43.9 Å². The number of aromatic nitrogens is 1. The molecule has 1 aromatic heterocycles. The summed E-state index contributed by atoms with van der Waals surface area (Å²) in [4.78, 5) is 30.3. The van der Waals surface area contributed by atoms with Gasteiger partial charge in [-0.25, -0.2) is 0 Å². The number of piperidine rings is 1. The maximum absolute atomic E-state index is 12.7. The van der Waals surface area contributed by atoms with Crippen LogP contribution in [0, 0.1) is 5.92 Å². The van der Waals surface area contributed by atoms with Gasteiger partial charge in [-0.15, -0.1) is 0 Å². The predicted molar refractivity (Wildman–Crippen MR) is 91.4 cm³/mol. The molecule has 2 fully saturated rings. The lowest BCUT2D eigenvalue weighted by molar-refractivity contribution is -0.142. The highest BCUT2D eigenvalue weighted by Crippen LogP contribution is 2.27. The van der Waals surface area contributed by atoms with Gasteiger partial charge in [-0.3, -0.25) is 14.6 Å². The van der Waals surface area contributed by atoms with Gasteiger partial charge in [0.25, 0.3) is 0 Å². The van der Waals surface area contributed by atoms with Crippen molar-refractivity contribution in [2.45, 2.75) is 44.4 Å². The minimum atomic E-state index is -4.49. The van der Waals surface area contributed by atoms with Crippen LogP contribution in [0.1, 0.15) is 36.9 Å². The normalized spacial score (nSPS) is 23.3. The van der Waals surface area contributed by atoms with Gasteiger partial charge in [0.2, 0.25) is 11.8 Å². The van der Waals surface area contributed by atoms with Crippen molar-refractivity contribution in [3.63, 3.8) is 0 Å². The van der Waals surface area contributed by atoms with Crippen molar-refractivity contribution in [2.75, 3.05) is 19.6 Å². The van der Waals surface area contributed by atoms with E-state index in [9.17, 15) is 22.8 Å². The Bertz CT molecular complexity index is 672. The van der Waals surface area contributed by atoms with E-state index in [2.05, 4.69) is 15.6 Å². The molecule has 1 aromatic rings. The lowest BCUT2D eigenvalue weighted by Crippen LogP contribution is -2.50. The van der Waals surface area contributed by atoms with Gasteiger partial charge >= 0.3 is 6.18 Å². The molecule has 148 valence electrons. The number of carbonyl (C=O) groups is 2. The average molecular weight is 384 g/mol. The molecule has 3 heterocycles. The Morgan fingerprint density at radius 2 is 2.07 bits per heavy atom. The first-order chi connectivity index (χ1) is 12.9. The number of amides is 2. The maximum atomic E-state index is 12.7. The Hall–Kier alpha value is -2.16. The monoisotopic (exact) mass is 384 g/mol. The van der Waals surface area contributed by atoms with E-state index in [1.54, 1.807) is 4.90 Å². The third-order valence-electron chi connectivity index (χ3n) is 5.07. The second-order valence-corrected chi connectivity index (χ2v) is 7.00. The zero-order chi connectivity index (χ0) is 19.4. The Balaban J connectivity index is 1.56. The number of hydrogen-bond acceptors (Lipinski definition) is 4. The first-order valence-corrected chi connectivity index (χ1v) is 9.17. The van der Waals surface area contributed by atoms with Gasteiger partial charge in [-0.1, -0.05) is 6.07 Å². The van der Waals surface area contributed by atoms with Crippen LogP contribution >= 0.6 is 0 Å². The summed E-state index contributed by atoms with van der Waals surface area (Å²) < 4.78 is 37.6. The molecule has 2 N–H and O–H groups in total. The lowest BCUT2D eigenvalue weighted by Gasteiger charge is -2.30. The molecule has 2 amide bonds. The highest BCUT2D eigenvalue weighted by molar-refractivity contribution is 5.89. The fraction of sp³-hybridized carbons (Fsp3) is 0.611. The van der Waals surface area contributed by atoms with E-state index in [4.69, 9.17) is 0 Å². The second kappa shape index (κ2) is 8.24. The minimum absolute atomic E-state index is 0.0102. The molecule has 0 unspecified atom stereocenters. The lowest BCUT2D eigenvalue weighted by atomic mass is 9.97. The van der Waals surface area contributed by atoms with E-state index in [-0.39, 0.29) is 24.3 Å². The van der Waals surface area contributed by atoms with E-state index in [1.165, 1.54) is 6.07 Å². The summed E-state index contributed by atoms with van der Waals surface area (Å²) >= 11 is 0. The van der Waals surface area contributed by atoms with Crippen molar-refractivity contribution in [2.24, 2.45) is 5.92 Å². The summed E-state index contributed by atoms with van der Waals surface area (Å²) in [7, 11) is 0. The van der Waals surface area contributed by atoms with Crippen molar-refractivity contribution in [1.82, 2.24) is 20.5 Å². The number of likely N-dealkylation sites (tertiary alicyclic amines) is 1. The summed E-state index contributed by atoms with van der Waals surface area (Å²) in [6.45, 7) is 2.19. The fourth-order valence-electron chi connectivity index (χ4n) is 3.60. The average Bonchev–Trinajstić information content (AvgIpc) is 3.16. The summed E-state index contributed by atoms with van der Waals surface area (Å²) in [6.07, 6.45) is -0.237. The summed E-state index contributed by atoms with van der Waals surface area (Å²) in [6, 6.07) is 1.67. The molecule has 0 aromatic carbocycles. The Morgan fingerprint density at radius 1 is 1.26 bits per heavy atom. The standard InChI is InChI=1S/C18H23F3N4O2/c19-18(20,21)15-6-5-12(9-23-15)10-24-16(26)14-4-2-8-25(14)17(27)13-3-1-7-22-11-13/h5-6,9,13-14,22H,1-4,7-8,10-11H2,(H,24,26)/t13-,14+/m0/s1. The highest BCUT2D eigenvalue weighted by atomic mass is 19.4. The molecule has 2 atom stereocenters. The highest BCUT2D eigenvalue weighted by Gasteiger charge is 2.37. The topological polar surface area (TPSA) is 74.3 Å². The van der Waals surface area contributed by atoms with Crippen molar-refractivity contribution in [3.8, 4) is 0 Å². The number of hydrogen-bond donors (Lipinski definition) is 2. The van der Waals surface area contributed by atoms with Crippen LogP contribution in [0.15, 0.2) is 18.3 Å². The molecule has 0 spiro atoms. The molecule has 0 radical (unpaired) electrons. The van der Waals surface area contributed by atoms with Crippen LogP contribution in [-0.4, -0.2) is 47.4 Å². The van der Waals surface area contributed by atoms with Gasteiger partial charge in [-0.2, -0.15) is 13.2 Å². The SMILES string of the molecule is O=C(NCc1ccc(C(F)(F)F)nc1)[C@H]1CCCN1C(=O)[C@H]1CCCNC1. The van der Waals surface area contributed by atoms with E-state index < -0.39 is 17.9 Å². The first kappa shape index (κ1) is 19.6.